The molecule has 1 N–H and O–H groups in total. The molecule has 0 amide bonds. The van der Waals surface area contributed by atoms with Crippen molar-refractivity contribution in [2.75, 3.05) is 13.1 Å². The topological polar surface area (TPSA) is 12.0 Å². The van der Waals surface area contributed by atoms with E-state index in [1.807, 2.05) is 23.5 Å². The summed E-state index contributed by atoms with van der Waals surface area (Å²) < 4.78 is 0. The number of thiophene rings is 1. The van der Waals surface area contributed by atoms with E-state index in [0.717, 1.165) is 31.0 Å². The van der Waals surface area contributed by atoms with Crippen molar-refractivity contribution in [2.45, 2.75) is 25.7 Å². The molecule has 0 radical (unpaired) electrons. The van der Waals surface area contributed by atoms with Gasteiger partial charge >= 0.3 is 0 Å². The Bertz CT molecular complexity index is 481. The summed E-state index contributed by atoms with van der Waals surface area (Å²) in [7, 11) is 0. The van der Waals surface area contributed by atoms with Crippen LogP contribution in [0.15, 0.2) is 41.8 Å². The first-order chi connectivity index (χ1) is 9.31. The Morgan fingerprint density at radius 2 is 2.05 bits per heavy atom. The Morgan fingerprint density at radius 3 is 2.74 bits per heavy atom. The third-order valence-corrected chi connectivity index (χ3v) is 4.43. The maximum Gasteiger partial charge on any atom is 0.0441 e. The van der Waals surface area contributed by atoms with E-state index in [2.05, 4.69) is 41.9 Å². The number of hydrogen-bond acceptors (Lipinski definition) is 2. The van der Waals surface area contributed by atoms with Crippen LogP contribution >= 0.6 is 22.9 Å². The van der Waals surface area contributed by atoms with Gasteiger partial charge in [0.15, 0.2) is 0 Å². The van der Waals surface area contributed by atoms with Crippen LogP contribution in [-0.4, -0.2) is 13.1 Å². The molecule has 2 rings (SSSR count). The van der Waals surface area contributed by atoms with E-state index >= 15 is 0 Å². The molecule has 1 nitrogen and oxygen atoms in total. The summed E-state index contributed by atoms with van der Waals surface area (Å²) in [6.07, 6.45) is 2.21. The van der Waals surface area contributed by atoms with Crippen LogP contribution in [0.2, 0.25) is 5.02 Å². The molecule has 1 atom stereocenters. The zero-order valence-electron chi connectivity index (χ0n) is 11.2. The first kappa shape index (κ1) is 14.6. The lowest BCUT2D eigenvalue weighted by molar-refractivity contribution is 0.579. The van der Waals surface area contributed by atoms with Gasteiger partial charge in [-0.1, -0.05) is 42.8 Å². The van der Waals surface area contributed by atoms with Gasteiger partial charge in [0.25, 0.3) is 0 Å². The molecule has 102 valence electrons. The molecule has 2 aromatic rings. The molecule has 0 spiro atoms. The Labute approximate surface area is 124 Å². The molecule has 1 aromatic carbocycles. The summed E-state index contributed by atoms with van der Waals surface area (Å²) in [4.78, 5) is 1.42. The Morgan fingerprint density at radius 1 is 1.21 bits per heavy atom. The second-order valence-electron chi connectivity index (χ2n) is 4.71. The average Bonchev–Trinajstić information content (AvgIpc) is 2.91. The molecule has 1 aromatic heterocycles. The van der Waals surface area contributed by atoms with Crippen molar-refractivity contribution in [2.24, 2.45) is 0 Å². The van der Waals surface area contributed by atoms with Crippen molar-refractivity contribution in [1.82, 2.24) is 5.32 Å². The normalized spacial score (nSPS) is 12.5. The third-order valence-electron chi connectivity index (χ3n) is 3.19. The summed E-state index contributed by atoms with van der Waals surface area (Å²) in [6.45, 7) is 4.23. The van der Waals surface area contributed by atoms with Gasteiger partial charge in [0.2, 0.25) is 0 Å². The molecule has 0 saturated carbocycles. The second-order valence-corrected chi connectivity index (χ2v) is 6.15. The van der Waals surface area contributed by atoms with E-state index in [1.165, 1.54) is 10.4 Å². The number of nitrogens with one attached hydrogen (secondary N) is 1. The van der Waals surface area contributed by atoms with Crippen molar-refractivity contribution in [1.29, 1.82) is 0 Å². The van der Waals surface area contributed by atoms with E-state index in [-0.39, 0.29) is 0 Å². The molecular formula is C16H20ClNS. The van der Waals surface area contributed by atoms with Gasteiger partial charge in [0.05, 0.1) is 0 Å². The second kappa shape index (κ2) is 7.68. The highest BCUT2D eigenvalue weighted by atomic mass is 35.5. The monoisotopic (exact) mass is 293 g/mol. The van der Waals surface area contributed by atoms with Crippen LogP contribution in [0.25, 0.3) is 0 Å². The number of halogens is 1. The molecule has 0 aliphatic heterocycles. The number of hydrogen-bond donors (Lipinski definition) is 1. The Kier molecular flexibility index (Phi) is 5.90. The first-order valence-corrected chi connectivity index (χ1v) is 8.04. The van der Waals surface area contributed by atoms with Gasteiger partial charge in [0.1, 0.15) is 0 Å². The standard InChI is InChI=1S/C16H20ClNS/c1-2-9-18-12-13(11-14-6-5-10-19-14)15-7-3-4-8-16(15)17/h3-8,10,13,18H,2,9,11-12H2,1H3. The van der Waals surface area contributed by atoms with Crippen molar-refractivity contribution in [3.63, 3.8) is 0 Å². The van der Waals surface area contributed by atoms with Gasteiger partial charge < -0.3 is 5.32 Å². The van der Waals surface area contributed by atoms with Crippen LogP contribution in [0.5, 0.6) is 0 Å². The SMILES string of the molecule is CCCNCC(Cc1cccs1)c1ccccc1Cl. The van der Waals surface area contributed by atoms with Crippen LogP contribution in [-0.2, 0) is 6.42 Å². The van der Waals surface area contributed by atoms with Gasteiger partial charge in [-0.2, -0.15) is 0 Å². The number of rotatable bonds is 7. The first-order valence-electron chi connectivity index (χ1n) is 6.78. The fraction of sp³-hybridized carbons (Fsp3) is 0.375. The minimum atomic E-state index is 0.443. The van der Waals surface area contributed by atoms with Crippen LogP contribution in [0.4, 0.5) is 0 Å². The zero-order chi connectivity index (χ0) is 13.5. The summed E-state index contributed by atoms with van der Waals surface area (Å²) in [5, 5.41) is 6.53. The van der Waals surface area contributed by atoms with Gasteiger partial charge in [-0.25, -0.2) is 0 Å². The predicted octanol–water partition coefficient (Wildman–Crippen LogP) is 4.73. The lowest BCUT2D eigenvalue weighted by Crippen LogP contribution is -2.23. The lowest BCUT2D eigenvalue weighted by Gasteiger charge is -2.18. The highest BCUT2D eigenvalue weighted by Crippen LogP contribution is 2.28. The molecule has 0 saturated heterocycles. The van der Waals surface area contributed by atoms with E-state index in [1.54, 1.807) is 0 Å². The summed E-state index contributed by atoms with van der Waals surface area (Å²) in [5.74, 6) is 0.443. The largest absolute Gasteiger partial charge is 0.316 e. The fourth-order valence-electron chi connectivity index (χ4n) is 2.22. The summed E-state index contributed by atoms with van der Waals surface area (Å²) in [5.41, 5.74) is 1.25. The molecular weight excluding hydrogens is 274 g/mol. The van der Waals surface area contributed by atoms with E-state index in [0.29, 0.717) is 5.92 Å². The molecule has 0 bridgehead atoms. The molecule has 19 heavy (non-hydrogen) atoms. The van der Waals surface area contributed by atoms with Crippen molar-refractivity contribution >= 4 is 22.9 Å². The van der Waals surface area contributed by atoms with Gasteiger partial charge in [0, 0.05) is 22.4 Å². The number of benzene rings is 1. The smallest absolute Gasteiger partial charge is 0.0441 e. The fourth-order valence-corrected chi connectivity index (χ4v) is 3.30. The van der Waals surface area contributed by atoms with Crippen molar-refractivity contribution in [3.8, 4) is 0 Å². The average molecular weight is 294 g/mol. The Hall–Kier alpha value is -0.830. The van der Waals surface area contributed by atoms with Crippen LogP contribution < -0.4 is 5.32 Å². The Balaban J connectivity index is 2.11. The molecule has 0 fully saturated rings. The quantitative estimate of drug-likeness (QED) is 0.728. The molecule has 0 aliphatic carbocycles. The highest BCUT2D eigenvalue weighted by Gasteiger charge is 2.15. The predicted molar refractivity (Wildman–Crippen MR) is 85.4 cm³/mol. The van der Waals surface area contributed by atoms with Crippen molar-refractivity contribution < 1.29 is 0 Å². The van der Waals surface area contributed by atoms with Gasteiger partial charge in [-0.05, 0) is 42.5 Å². The van der Waals surface area contributed by atoms with E-state index in [9.17, 15) is 0 Å². The van der Waals surface area contributed by atoms with Crippen LogP contribution in [0.1, 0.15) is 29.7 Å². The summed E-state index contributed by atoms with van der Waals surface area (Å²) >= 11 is 8.17. The minimum absolute atomic E-state index is 0.443. The maximum absolute atomic E-state index is 6.35. The van der Waals surface area contributed by atoms with Crippen LogP contribution in [0, 0.1) is 0 Å². The van der Waals surface area contributed by atoms with Crippen molar-refractivity contribution in [3.05, 3.63) is 57.2 Å². The zero-order valence-corrected chi connectivity index (χ0v) is 12.8. The summed E-state index contributed by atoms with van der Waals surface area (Å²) in [6, 6.07) is 12.5. The van der Waals surface area contributed by atoms with E-state index < -0.39 is 0 Å². The molecule has 0 aliphatic rings. The molecule has 1 heterocycles. The molecule has 3 heteroatoms. The van der Waals surface area contributed by atoms with Gasteiger partial charge in [-0.15, -0.1) is 11.3 Å². The third kappa shape index (κ3) is 4.34. The highest BCUT2D eigenvalue weighted by molar-refractivity contribution is 7.09. The maximum atomic E-state index is 6.35. The van der Waals surface area contributed by atoms with E-state index in [4.69, 9.17) is 11.6 Å². The minimum Gasteiger partial charge on any atom is -0.316 e. The lowest BCUT2D eigenvalue weighted by atomic mass is 9.94. The van der Waals surface area contributed by atoms with Gasteiger partial charge in [-0.3, -0.25) is 0 Å². The molecule has 1 unspecified atom stereocenters. The van der Waals surface area contributed by atoms with Crippen LogP contribution in [0.3, 0.4) is 0 Å².